The number of alkyl halides is 3. The van der Waals surface area contributed by atoms with E-state index < -0.39 is 23.2 Å². The van der Waals surface area contributed by atoms with Gasteiger partial charge < -0.3 is 14.8 Å². The van der Waals surface area contributed by atoms with Gasteiger partial charge in [0.1, 0.15) is 5.76 Å². The summed E-state index contributed by atoms with van der Waals surface area (Å²) in [6.45, 7) is 1.47. The Bertz CT molecular complexity index is 646. The van der Waals surface area contributed by atoms with Crippen molar-refractivity contribution in [3.63, 3.8) is 0 Å². The second-order valence-corrected chi connectivity index (χ2v) is 5.51. The number of rotatable bonds is 5. The van der Waals surface area contributed by atoms with Crippen molar-refractivity contribution < 1.29 is 27.5 Å². The molecule has 1 aromatic carbocycles. The van der Waals surface area contributed by atoms with E-state index in [2.05, 4.69) is 5.32 Å². The van der Waals surface area contributed by atoms with Gasteiger partial charge in [-0.3, -0.25) is 4.79 Å². The Morgan fingerprint density at radius 2 is 1.87 bits per heavy atom. The molecule has 2 N–H and O–H groups in total. The number of aliphatic hydroxyl groups is 1. The third-order valence-electron chi connectivity index (χ3n) is 3.24. The average Bonchev–Trinajstić information content (AvgIpc) is 2.96. The van der Waals surface area contributed by atoms with Gasteiger partial charge in [0.2, 0.25) is 0 Å². The summed E-state index contributed by atoms with van der Waals surface area (Å²) in [4.78, 5) is 11.9. The SMILES string of the molecule is CC(O)(CNC(=O)c1ccc(C(F)(F)F)cc1)Cc1ccco1. The molecule has 4 nitrogen and oxygen atoms in total. The monoisotopic (exact) mass is 327 g/mol. The van der Waals surface area contributed by atoms with E-state index in [0.29, 0.717) is 5.76 Å². The van der Waals surface area contributed by atoms with E-state index in [1.807, 2.05) is 0 Å². The smallest absolute Gasteiger partial charge is 0.416 e. The van der Waals surface area contributed by atoms with E-state index in [1.54, 1.807) is 12.1 Å². The molecule has 0 radical (unpaired) electrons. The van der Waals surface area contributed by atoms with Crippen molar-refractivity contribution in [2.75, 3.05) is 6.54 Å². The van der Waals surface area contributed by atoms with E-state index in [9.17, 15) is 23.1 Å². The second kappa shape index (κ2) is 6.45. The maximum atomic E-state index is 12.5. The van der Waals surface area contributed by atoms with Gasteiger partial charge in [0.25, 0.3) is 5.91 Å². The average molecular weight is 327 g/mol. The Morgan fingerprint density at radius 3 is 2.39 bits per heavy atom. The zero-order valence-corrected chi connectivity index (χ0v) is 12.4. The van der Waals surface area contributed by atoms with Crippen molar-refractivity contribution in [3.05, 3.63) is 59.5 Å². The maximum absolute atomic E-state index is 12.5. The molecule has 1 heterocycles. The summed E-state index contributed by atoms with van der Waals surface area (Å²) in [7, 11) is 0. The standard InChI is InChI=1S/C16H16F3NO3/c1-15(22,9-13-3-2-8-23-13)10-20-14(21)11-4-6-12(7-5-11)16(17,18)19/h2-8,22H,9-10H2,1H3,(H,20,21). The molecular formula is C16H16F3NO3. The molecule has 2 aromatic rings. The number of carbonyl (C=O) groups excluding carboxylic acids is 1. The lowest BCUT2D eigenvalue weighted by Crippen LogP contribution is -2.42. The zero-order chi connectivity index (χ0) is 17.1. The fourth-order valence-electron chi connectivity index (χ4n) is 2.03. The molecule has 0 spiro atoms. The molecular weight excluding hydrogens is 311 g/mol. The predicted molar refractivity (Wildman–Crippen MR) is 76.8 cm³/mol. The summed E-state index contributed by atoms with van der Waals surface area (Å²) in [5.74, 6) is 0.0113. The van der Waals surface area contributed by atoms with E-state index in [0.717, 1.165) is 24.3 Å². The number of amides is 1. The molecule has 1 amide bonds. The minimum atomic E-state index is -4.44. The van der Waals surface area contributed by atoms with Gasteiger partial charge in [-0.15, -0.1) is 0 Å². The van der Waals surface area contributed by atoms with Crippen molar-refractivity contribution in [1.29, 1.82) is 0 Å². The van der Waals surface area contributed by atoms with E-state index >= 15 is 0 Å². The largest absolute Gasteiger partial charge is 0.469 e. The van der Waals surface area contributed by atoms with Crippen LogP contribution in [0.4, 0.5) is 13.2 Å². The molecule has 0 aliphatic rings. The van der Waals surface area contributed by atoms with Crippen molar-refractivity contribution in [1.82, 2.24) is 5.32 Å². The minimum absolute atomic E-state index is 0.0619. The van der Waals surface area contributed by atoms with Crippen LogP contribution in [0.5, 0.6) is 0 Å². The quantitative estimate of drug-likeness (QED) is 0.887. The van der Waals surface area contributed by atoms with Crippen LogP contribution < -0.4 is 5.32 Å². The third-order valence-corrected chi connectivity index (χ3v) is 3.24. The first-order valence-corrected chi connectivity index (χ1v) is 6.88. The van der Waals surface area contributed by atoms with Crippen LogP contribution in [-0.4, -0.2) is 23.2 Å². The van der Waals surface area contributed by atoms with Gasteiger partial charge in [0.05, 0.1) is 17.4 Å². The fraction of sp³-hybridized carbons (Fsp3) is 0.312. The Kier molecular flexibility index (Phi) is 4.79. The number of hydrogen-bond acceptors (Lipinski definition) is 3. The molecule has 1 aromatic heterocycles. The molecule has 0 fully saturated rings. The van der Waals surface area contributed by atoms with Crippen molar-refractivity contribution in [2.24, 2.45) is 0 Å². The predicted octanol–water partition coefficient (Wildman–Crippen LogP) is 3.02. The topological polar surface area (TPSA) is 62.5 Å². The molecule has 0 saturated carbocycles. The maximum Gasteiger partial charge on any atom is 0.416 e. The van der Waals surface area contributed by atoms with Crippen LogP contribution in [0, 0.1) is 0 Å². The second-order valence-electron chi connectivity index (χ2n) is 5.51. The van der Waals surface area contributed by atoms with Crippen LogP contribution in [0.3, 0.4) is 0 Å². The molecule has 124 valence electrons. The fourth-order valence-corrected chi connectivity index (χ4v) is 2.03. The summed E-state index contributed by atoms with van der Waals surface area (Å²) in [5, 5.41) is 12.7. The molecule has 2 rings (SSSR count). The number of halogens is 3. The molecule has 0 bridgehead atoms. The van der Waals surface area contributed by atoms with Crippen LogP contribution >= 0.6 is 0 Å². The van der Waals surface area contributed by atoms with Crippen molar-refractivity contribution in [3.8, 4) is 0 Å². The van der Waals surface area contributed by atoms with E-state index in [1.165, 1.54) is 13.2 Å². The highest BCUT2D eigenvalue weighted by atomic mass is 19.4. The molecule has 0 saturated heterocycles. The number of nitrogens with one attached hydrogen (secondary N) is 1. The number of benzene rings is 1. The highest BCUT2D eigenvalue weighted by Crippen LogP contribution is 2.29. The normalized spacial score (nSPS) is 14.3. The first-order chi connectivity index (χ1) is 10.7. The lowest BCUT2D eigenvalue weighted by molar-refractivity contribution is -0.137. The van der Waals surface area contributed by atoms with Crippen LogP contribution in [-0.2, 0) is 12.6 Å². The van der Waals surface area contributed by atoms with E-state index in [4.69, 9.17) is 4.42 Å². The Morgan fingerprint density at radius 1 is 1.22 bits per heavy atom. The zero-order valence-electron chi connectivity index (χ0n) is 12.4. The van der Waals surface area contributed by atoms with Gasteiger partial charge >= 0.3 is 6.18 Å². The molecule has 1 atom stereocenters. The summed E-state index contributed by atoms with van der Waals surface area (Å²) < 4.78 is 42.5. The summed E-state index contributed by atoms with van der Waals surface area (Å²) >= 11 is 0. The van der Waals surface area contributed by atoms with Crippen LogP contribution in [0.15, 0.2) is 47.1 Å². The van der Waals surface area contributed by atoms with E-state index in [-0.39, 0.29) is 18.5 Å². The summed E-state index contributed by atoms with van der Waals surface area (Å²) in [5.41, 5.74) is -1.97. The first-order valence-electron chi connectivity index (χ1n) is 6.88. The van der Waals surface area contributed by atoms with Gasteiger partial charge in [0, 0.05) is 18.5 Å². The van der Waals surface area contributed by atoms with Crippen molar-refractivity contribution in [2.45, 2.75) is 25.1 Å². The Balaban J connectivity index is 1.94. The lowest BCUT2D eigenvalue weighted by Gasteiger charge is -2.22. The van der Waals surface area contributed by atoms with Crippen LogP contribution in [0.1, 0.15) is 28.6 Å². The summed E-state index contributed by atoms with van der Waals surface area (Å²) in [6.07, 6.45) is -2.76. The van der Waals surface area contributed by atoms with Gasteiger partial charge in [-0.05, 0) is 43.3 Å². The lowest BCUT2D eigenvalue weighted by atomic mass is 10.0. The first kappa shape index (κ1) is 17.1. The number of furan rings is 1. The van der Waals surface area contributed by atoms with Crippen molar-refractivity contribution >= 4 is 5.91 Å². The van der Waals surface area contributed by atoms with Gasteiger partial charge in [-0.1, -0.05) is 0 Å². The number of hydrogen-bond donors (Lipinski definition) is 2. The number of carbonyl (C=O) groups is 1. The molecule has 1 unspecified atom stereocenters. The molecule has 0 aliphatic carbocycles. The van der Waals surface area contributed by atoms with Gasteiger partial charge in [-0.25, -0.2) is 0 Å². The van der Waals surface area contributed by atoms with Gasteiger partial charge in [-0.2, -0.15) is 13.2 Å². The molecule has 0 aliphatic heterocycles. The van der Waals surface area contributed by atoms with Gasteiger partial charge in [0.15, 0.2) is 0 Å². The highest BCUT2D eigenvalue weighted by molar-refractivity contribution is 5.94. The third kappa shape index (κ3) is 4.85. The van der Waals surface area contributed by atoms with Crippen LogP contribution in [0.2, 0.25) is 0 Å². The van der Waals surface area contributed by atoms with Crippen LogP contribution in [0.25, 0.3) is 0 Å². The Labute approximate surface area is 130 Å². The Hall–Kier alpha value is -2.28. The highest BCUT2D eigenvalue weighted by Gasteiger charge is 2.30. The molecule has 23 heavy (non-hydrogen) atoms. The molecule has 7 heteroatoms. The summed E-state index contributed by atoms with van der Waals surface area (Å²) in [6, 6.07) is 7.27. The minimum Gasteiger partial charge on any atom is -0.469 e.